The summed E-state index contributed by atoms with van der Waals surface area (Å²) in [6, 6.07) is -0.303. The van der Waals surface area contributed by atoms with Crippen LogP contribution in [-0.2, 0) is 4.79 Å². The lowest BCUT2D eigenvalue weighted by Crippen LogP contribution is -2.43. The molecule has 0 aliphatic heterocycles. The Morgan fingerprint density at radius 3 is 1.89 bits per heavy atom. The van der Waals surface area contributed by atoms with Gasteiger partial charge in [-0.3, -0.25) is 4.79 Å². The lowest BCUT2D eigenvalue weighted by atomic mass is 9.82. The van der Waals surface area contributed by atoms with E-state index in [2.05, 4.69) is 38.3 Å². The lowest BCUT2D eigenvalue weighted by Gasteiger charge is -2.27. The topological polar surface area (TPSA) is 78.4 Å². The average molecular weight is 272 g/mol. The molecule has 0 aromatic rings. The van der Waals surface area contributed by atoms with Gasteiger partial charge in [0.1, 0.15) is 0 Å². The monoisotopic (exact) mass is 272 g/mol. The van der Waals surface area contributed by atoms with Crippen LogP contribution in [0, 0.1) is 23.2 Å². The van der Waals surface area contributed by atoms with E-state index in [0.717, 1.165) is 0 Å². The highest BCUT2D eigenvalue weighted by Gasteiger charge is 2.23. The van der Waals surface area contributed by atoms with E-state index in [1.165, 1.54) is 0 Å². The van der Waals surface area contributed by atoms with Crippen molar-refractivity contribution in [1.29, 1.82) is 0 Å². The van der Waals surface area contributed by atoms with E-state index in [0.29, 0.717) is 12.5 Å². The number of carboxylic acids is 1. The molecule has 2 unspecified atom stereocenters. The third-order valence-corrected chi connectivity index (χ3v) is 3.65. The number of hydrogen-bond donors (Lipinski definition) is 3. The Labute approximate surface area is 116 Å². The van der Waals surface area contributed by atoms with Crippen molar-refractivity contribution in [3.8, 4) is 0 Å². The molecule has 0 aromatic heterocycles. The maximum Gasteiger partial charge on any atom is 0.314 e. The first-order chi connectivity index (χ1) is 8.55. The van der Waals surface area contributed by atoms with Gasteiger partial charge in [-0.05, 0) is 17.3 Å². The molecule has 5 heteroatoms. The lowest BCUT2D eigenvalue weighted by molar-refractivity contribution is -0.142. The molecule has 0 radical (unpaired) electrons. The molecular weight excluding hydrogens is 244 g/mol. The van der Waals surface area contributed by atoms with Gasteiger partial charge >= 0.3 is 12.0 Å². The second-order valence-corrected chi connectivity index (χ2v) is 6.55. The Kier molecular flexibility index (Phi) is 6.87. The van der Waals surface area contributed by atoms with Crippen molar-refractivity contribution in [2.24, 2.45) is 23.2 Å². The van der Waals surface area contributed by atoms with Crippen LogP contribution in [0.5, 0.6) is 0 Å². The van der Waals surface area contributed by atoms with Crippen LogP contribution in [0.3, 0.4) is 0 Å². The molecule has 112 valence electrons. The van der Waals surface area contributed by atoms with E-state index in [-0.39, 0.29) is 23.9 Å². The number of hydrogen-bond acceptors (Lipinski definition) is 2. The first-order valence-corrected chi connectivity index (χ1v) is 6.80. The minimum Gasteiger partial charge on any atom is -0.481 e. The van der Waals surface area contributed by atoms with Crippen LogP contribution in [0.15, 0.2) is 0 Å². The Balaban J connectivity index is 4.09. The summed E-state index contributed by atoms with van der Waals surface area (Å²) in [7, 11) is 0. The Morgan fingerprint density at radius 1 is 1.05 bits per heavy atom. The molecule has 0 saturated carbocycles. The number of urea groups is 1. The third kappa shape index (κ3) is 7.03. The number of carboxylic acid groups (broad SMARTS) is 1. The standard InChI is InChI=1S/C14H28N2O3/c1-9(2)11(12(17)18)8-16-13(19)15-7-10(3)14(4,5)6/h9-11H,7-8H2,1-6H3,(H,17,18)(H2,15,16,19). The zero-order valence-electron chi connectivity index (χ0n) is 12.9. The zero-order chi connectivity index (χ0) is 15.2. The highest BCUT2D eigenvalue weighted by Crippen LogP contribution is 2.24. The van der Waals surface area contributed by atoms with Crippen molar-refractivity contribution in [1.82, 2.24) is 10.6 Å². The quantitative estimate of drug-likeness (QED) is 0.694. The van der Waals surface area contributed by atoms with Crippen LogP contribution in [0.1, 0.15) is 41.5 Å². The van der Waals surface area contributed by atoms with E-state index in [1.807, 2.05) is 13.8 Å². The Bertz CT molecular complexity index is 308. The van der Waals surface area contributed by atoms with Crippen molar-refractivity contribution in [2.45, 2.75) is 41.5 Å². The molecule has 0 aliphatic rings. The van der Waals surface area contributed by atoms with Gasteiger partial charge in [-0.25, -0.2) is 4.79 Å². The van der Waals surface area contributed by atoms with Gasteiger partial charge in [-0.2, -0.15) is 0 Å². The Morgan fingerprint density at radius 2 is 1.53 bits per heavy atom. The number of aliphatic carboxylic acids is 1. The molecule has 0 saturated heterocycles. The van der Waals surface area contributed by atoms with Crippen LogP contribution in [-0.4, -0.2) is 30.2 Å². The molecule has 0 aromatic carbocycles. The fourth-order valence-corrected chi connectivity index (χ4v) is 1.43. The van der Waals surface area contributed by atoms with Gasteiger partial charge in [0.2, 0.25) is 0 Å². The predicted molar refractivity (Wildman–Crippen MR) is 76.0 cm³/mol. The molecule has 2 atom stereocenters. The van der Waals surface area contributed by atoms with Crippen LogP contribution < -0.4 is 10.6 Å². The van der Waals surface area contributed by atoms with Gasteiger partial charge in [0.15, 0.2) is 0 Å². The van der Waals surface area contributed by atoms with Crippen molar-refractivity contribution in [3.63, 3.8) is 0 Å². The fourth-order valence-electron chi connectivity index (χ4n) is 1.43. The van der Waals surface area contributed by atoms with E-state index >= 15 is 0 Å². The fraction of sp³-hybridized carbons (Fsp3) is 0.857. The van der Waals surface area contributed by atoms with Gasteiger partial charge in [-0.1, -0.05) is 41.5 Å². The largest absolute Gasteiger partial charge is 0.481 e. The third-order valence-electron chi connectivity index (χ3n) is 3.65. The molecule has 19 heavy (non-hydrogen) atoms. The van der Waals surface area contributed by atoms with Gasteiger partial charge in [-0.15, -0.1) is 0 Å². The predicted octanol–water partition coefficient (Wildman–Crippen LogP) is 2.32. The molecular formula is C14H28N2O3. The van der Waals surface area contributed by atoms with Gasteiger partial charge < -0.3 is 15.7 Å². The number of carbonyl (C=O) groups excluding carboxylic acids is 1. The first-order valence-electron chi connectivity index (χ1n) is 6.80. The average Bonchev–Trinajstić information content (AvgIpc) is 2.23. The molecule has 5 nitrogen and oxygen atoms in total. The minimum atomic E-state index is -0.877. The van der Waals surface area contributed by atoms with Gasteiger partial charge in [0.05, 0.1) is 5.92 Å². The highest BCUT2D eigenvalue weighted by molar-refractivity contribution is 5.75. The molecule has 0 spiro atoms. The normalized spacial score (nSPS) is 14.9. The minimum absolute atomic E-state index is 0.00806. The van der Waals surface area contributed by atoms with Gasteiger partial charge in [0.25, 0.3) is 0 Å². The maximum atomic E-state index is 11.6. The zero-order valence-corrected chi connectivity index (χ0v) is 12.9. The van der Waals surface area contributed by atoms with Crippen LogP contribution in [0.4, 0.5) is 4.79 Å². The van der Waals surface area contributed by atoms with Crippen molar-refractivity contribution < 1.29 is 14.7 Å². The summed E-state index contributed by atoms with van der Waals surface area (Å²) in [4.78, 5) is 22.6. The maximum absolute atomic E-state index is 11.6. The summed E-state index contributed by atoms with van der Waals surface area (Å²) in [5.41, 5.74) is 0.134. The van der Waals surface area contributed by atoms with Crippen LogP contribution in [0.25, 0.3) is 0 Å². The summed E-state index contributed by atoms with van der Waals surface area (Å²) < 4.78 is 0. The number of rotatable bonds is 6. The summed E-state index contributed by atoms with van der Waals surface area (Å²) >= 11 is 0. The molecule has 0 heterocycles. The van der Waals surface area contributed by atoms with Gasteiger partial charge in [0, 0.05) is 13.1 Å². The van der Waals surface area contributed by atoms with E-state index in [4.69, 9.17) is 5.11 Å². The number of amides is 2. The summed E-state index contributed by atoms with van der Waals surface area (Å²) in [5, 5.41) is 14.4. The van der Waals surface area contributed by atoms with E-state index in [1.54, 1.807) is 0 Å². The smallest absolute Gasteiger partial charge is 0.314 e. The van der Waals surface area contributed by atoms with E-state index in [9.17, 15) is 9.59 Å². The second kappa shape index (κ2) is 7.36. The molecule has 2 amide bonds. The molecule has 0 rings (SSSR count). The van der Waals surface area contributed by atoms with Crippen molar-refractivity contribution in [3.05, 3.63) is 0 Å². The molecule has 0 bridgehead atoms. The molecule has 3 N–H and O–H groups in total. The highest BCUT2D eigenvalue weighted by atomic mass is 16.4. The van der Waals surface area contributed by atoms with Crippen LogP contribution >= 0.6 is 0 Å². The summed E-state index contributed by atoms with van der Waals surface area (Å²) in [5.74, 6) is -1.09. The van der Waals surface area contributed by atoms with Crippen molar-refractivity contribution >= 4 is 12.0 Å². The second-order valence-electron chi connectivity index (χ2n) is 6.55. The van der Waals surface area contributed by atoms with Crippen molar-refractivity contribution in [2.75, 3.05) is 13.1 Å². The first kappa shape index (κ1) is 17.7. The SMILES string of the molecule is CC(C)C(CNC(=O)NCC(C)C(C)(C)C)C(=O)O. The number of carbonyl (C=O) groups is 2. The Hall–Kier alpha value is -1.26. The molecule has 0 fully saturated rings. The van der Waals surface area contributed by atoms with Crippen LogP contribution in [0.2, 0.25) is 0 Å². The summed E-state index contributed by atoms with van der Waals surface area (Å²) in [6.45, 7) is 12.8. The van der Waals surface area contributed by atoms with E-state index < -0.39 is 11.9 Å². The summed E-state index contributed by atoms with van der Waals surface area (Å²) in [6.07, 6.45) is 0. The number of nitrogens with one attached hydrogen (secondary N) is 2. The molecule has 0 aliphatic carbocycles.